The zero-order valence-electron chi connectivity index (χ0n) is 14.1. The van der Waals surface area contributed by atoms with Gasteiger partial charge in [-0.2, -0.15) is 0 Å². The number of aryl methyl sites for hydroxylation is 2. The van der Waals surface area contributed by atoms with E-state index >= 15 is 0 Å². The lowest BCUT2D eigenvalue weighted by Crippen LogP contribution is -2.21. The van der Waals surface area contributed by atoms with Crippen molar-refractivity contribution in [1.29, 1.82) is 0 Å². The quantitative estimate of drug-likeness (QED) is 0.755. The standard InChI is InChI=1S/C19H23NO3S/c1-3-4-5-6-7-13-8-14-9-15(18-20-12(2)11-24-18)19(22)23-17(14)10-16(13)21/h8-11,19,21-22H,3-7H2,1-2H3/t19-/m0/s1. The van der Waals surface area contributed by atoms with Gasteiger partial charge in [0.2, 0.25) is 6.29 Å². The average molecular weight is 345 g/mol. The van der Waals surface area contributed by atoms with Crippen LogP contribution in [0.15, 0.2) is 17.5 Å². The number of fused-ring (bicyclic) bond motifs is 1. The van der Waals surface area contributed by atoms with Crippen LogP contribution in [0.4, 0.5) is 0 Å². The predicted molar refractivity (Wildman–Crippen MR) is 97.3 cm³/mol. The van der Waals surface area contributed by atoms with Gasteiger partial charge in [0.1, 0.15) is 16.5 Å². The molecule has 2 N–H and O–H groups in total. The van der Waals surface area contributed by atoms with Crippen molar-refractivity contribution in [3.05, 3.63) is 39.3 Å². The smallest absolute Gasteiger partial charge is 0.227 e. The topological polar surface area (TPSA) is 62.6 Å². The van der Waals surface area contributed by atoms with Crippen LogP contribution in [0.25, 0.3) is 11.6 Å². The van der Waals surface area contributed by atoms with Crippen molar-refractivity contribution in [1.82, 2.24) is 4.98 Å². The van der Waals surface area contributed by atoms with Crippen molar-refractivity contribution < 1.29 is 14.9 Å². The molecule has 0 saturated heterocycles. The van der Waals surface area contributed by atoms with Crippen molar-refractivity contribution >= 4 is 23.0 Å². The Morgan fingerprint density at radius 1 is 1.25 bits per heavy atom. The molecular weight excluding hydrogens is 322 g/mol. The third kappa shape index (κ3) is 3.62. The lowest BCUT2D eigenvalue weighted by atomic mass is 9.99. The van der Waals surface area contributed by atoms with Crippen LogP contribution in [-0.2, 0) is 6.42 Å². The maximum absolute atomic E-state index is 10.2. The van der Waals surface area contributed by atoms with Crippen LogP contribution in [0, 0.1) is 6.92 Å². The van der Waals surface area contributed by atoms with Crippen LogP contribution < -0.4 is 4.74 Å². The number of hydrogen-bond acceptors (Lipinski definition) is 5. The number of nitrogens with zero attached hydrogens (tertiary/aromatic N) is 1. The number of aromatic hydroxyl groups is 1. The van der Waals surface area contributed by atoms with E-state index in [4.69, 9.17) is 4.74 Å². The number of thiazole rings is 1. The average Bonchev–Trinajstić information content (AvgIpc) is 2.98. The van der Waals surface area contributed by atoms with E-state index < -0.39 is 6.29 Å². The molecule has 4 nitrogen and oxygen atoms in total. The molecule has 1 aromatic carbocycles. The minimum atomic E-state index is -1.06. The number of rotatable bonds is 6. The molecule has 24 heavy (non-hydrogen) atoms. The van der Waals surface area contributed by atoms with Gasteiger partial charge in [0.25, 0.3) is 0 Å². The lowest BCUT2D eigenvalue weighted by Gasteiger charge is -2.23. The van der Waals surface area contributed by atoms with Gasteiger partial charge in [0, 0.05) is 22.7 Å². The fourth-order valence-electron chi connectivity index (χ4n) is 2.87. The van der Waals surface area contributed by atoms with Gasteiger partial charge in [-0.15, -0.1) is 11.3 Å². The third-order valence-corrected chi connectivity index (χ3v) is 5.20. The molecule has 0 spiro atoms. The van der Waals surface area contributed by atoms with E-state index in [1.54, 1.807) is 6.07 Å². The van der Waals surface area contributed by atoms with Crippen LogP contribution in [-0.4, -0.2) is 21.5 Å². The molecule has 0 aliphatic carbocycles. The van der Waals surface area contributed by atoms with Crippen LogP contribution in [0.3, 0.4) is 0 Å². The van der Waals surface area contributed by atoms with E-state index in [-0.39, 0.29) is 5.75 Å². The Labute approximate surface area is 146 Å². The molecule has 0 radical (unpaired) electrons. The molecule has 0 amide bonds. The Morgan fingerprint density at radius 3 is 2.79 bits per heavy atom. The van der Waals surface area contributed by atoms with Gasteiger partial charge >= 0.3 is 0 Å². The number of aromatic nitrogens is 1. The van der Waals surface area contributed by atoms with E-state index in [0.29, 0.717) is 11.3 Å². The highest BCUT2D eigenvalue weighted by Crippen LogP contribution is 2.38. The van der Waals surface area contributed by atoms with Gasteiger partial charge in [-0.1, -0.05) is 26.2 Å². The van der Waals surface area contributed by atoms with Crippen molar-refractivity contribution in [2.45, 2.75) is 52.2 Å². The first-order chi connectivity index (χ1) is 11.6. The van der Waals surface area contributed by atoms with E-state index in [9.17, 15) is 10.2 Å². The summed E-state index contributed by atoms with van der Waals surface area (Å²) in [6.45, 7) is 4.11. The van der Waals surface area contributed by atoms with E-state index in [2.05, 4.69) is 11.9 Å². The minimum Gasteiger partial charge on any atom is -0.508 e. The van der Waals surface area contributed by atoms with Crippen molar-refractivity contribution in [3.63, 3.8) is 0 Å². The molecule has 0 fully saturated rings. The normalized spacial score (nSPS) is 16.5. The van der Waals surface area contributed by atoms with Gasteiger partial charge in [-0.25, -0.2) is 4.98 Å². The van der Waals surface area contributed by atoms with E-state index in [0.717, 1.165) is 34.7 Å². The van der Waals surface area contributed by atoms with Crippen LogP contribution in [0.1, 0.15) is 54.4 Å². The summed E-state index contributed by atoms with van der Waals surface area (Å²) < 4.78 is 5.58. The summed E-state index contributed by atoms with van der Waals surface area (Å²) in [6.07, 6.45) is 6.35. The first-order valence-electron chi connectivity index (χ1n) is 8.43. The number of aliphatic hydroxyl groups excluding tert-OH is 1. The predicted octanol–water partition coefficient (Wildman–Crippen LogP) is 4.53. The molecular formula is C19H23NO3S. The maximum atomic E-state index is 10.2. The molecule has 0 saturated carbocycles. The van der Waals surface area contributed by atoms with Gasteiger partial charge in [-0.05, 0) is 37.5 Å². The maximum Gasteiger partial charge on any atom is 0.227 e. The summed E-state index contributed by atoms with van der Waals surface area (Å²) in [5.41, 5.74) is 3.40. The second-order valence-electron chi connectivity index (χ2n) is 6.19. The van der Waals surface area contributed by atoms with Gasteiger partial charge in [0.05, 0.1) is 5.57 Å². The number of unbranched alkanes of at least 4 members (excludes halogenated alkanes) is 3. The number of hydrogen-bond donors (Lipinski definition) is 2. The zero-order chi connectivity index (χ0) is 17.1. The molecule has 3 rings (SSSR count). The second-order valence-corrected chi connectivity index (χ2v) is 7.05. The van der Waals surface area contributed by atoms with Crippen LogP contribution in [0.2, 0.25) is 0 Å². The Hall–Kier alpha value is -1.85. The largest absolute Gasteiger partial charge is 0.508 e. The summed E-state index contributed by atoms with van der Waals surface area (Å²) in [4.78, 5) is 4.43. The summed E-state index contributed by atoms with van der Waals surface area (Å²) in [5.74, 6) is 0.744. The SMILES string of the molecule is CCCCCCc1cc2c(cc1O)O[C@H](O)C(c1nc(C)cs1)=C2. The first kappa shape index (κ1) is 17.0. The Kier molecular flexibility index (Phi) is 5.21. The summed E-state index contributed by atoms with van der Waals surface area (Å²) >= 11 is 1.49. The molecule has 2 heterocycles. The zero-order valence-corrected chi connectivity index (χ0v) is 14.9. The van der Waals surface area contributed by atoms with Crippen molar-refractivity contribution in [3.8, 4) is 11.5 Å². The Bertz CT molecular complexity index is 751. The third-order valence-electron chi connectivity index (χ3n) is 4.19. The first-order valence-corrected chi connectivity index (χ1v) is 9.31. The summed E-state index contributed by atoms with van der Waals surface area (Å²) in [6, 6.07) is 3.57. The molecule has 1 aliphatic heterocycles. The summed E-state index contributed by atoms with van der Waals surface area (Å²) in [7, 11) is 0. The monoisotopic (exact) mass is 345 g/mol. The van der Waals surface area contributed by atoms with E-state index in [1.165, 1.54) is 30.6 Å². The van der Waals surface area contributed by atoms with Crippen molar-refractivity contribution in [2.24, 2.45) is 0 Å². The fourth-order valence-corrected chi connectivity index (χ4v) is 3.69. The fraction of sp³-hybridized carbons (Fsp3) is 0.421. The summed E-state index contributed by atoms with van der Waals surface area (Å²) in [5, 5.41) is 23.2. The number of phenolic OH excluding ortho intramolecular Hbond substituents is 1. The molecule has 2 aromatic rings. The molecule has 1 aromatic heterocycles. The highest BCUT2D eigenvalue weighted by Gasteiger charge is 2.25. The minimum absolute atomic E-state index is 0.236. The highest BCUT2D eigenvalue weighted by molar-refractivity contribution is 7.10. The number of phenols is 1. The van der Waals surface area contributed by atoms with Gasteiger partial charge < -0.3 is 14.9 Å². The lowest BCUT2D eigenvalue weighted by molar-refractivity contribution is 0.0318. The molecule has 1 aliphatic rings. The Balaban J connectivity index is 1.87. The number of ether oxygens (including phenoxy) is 1. The molecule has 5 heteroatoms. The molecule has 0 bridgehead atoms. The molecule has 128 valence electrons. The van der Waals surface area contributed by atoms with Gasteiger partial charge in [-0.3, -0.25) is 0 Å². The molecule has 1 atom stereocenters. The van der Waals surface area contributed by atoms with Crippen molar-refractivity contribution in [2.75, 3.05) is 0 Å². The van der Waals surface area contributed by atoms with Crippen LogP contribution >= 0.6 is 11.3 Å². The van der Waals surface area contributed by atoms with Gasteiger partial charge in [0.15, 0.2) is 0 Å². The number of benzene rings is 1. The highest BCUT2D eigenvalue weighted by atomic mass is 32.1. The number of aliphatic hydroxyl groups is 1. The second kappa shape index (κ2) is 7.36. The van der Waals surface area contributed by atoms with E-state index in [1.807, 2.05) is 24.4 Å². The molecule has 0 unspecified atom stereocenters. The Morgan fingerprint density at radius 2 is 2.08 bits per heavy atom. The van der Waals surface area contributed by atoms with Crippen LogP contribution in [0.5, 0.6) is 11.5 Å².